The summed E-state index contributed by atoms with van der Waals surface area (Å²) in [6.07, 6.45) is 0.257. The number of carbonyl (C=O) groups excluding carboxylic acids is 2. The van der Waals surface area contributed by atoms with Gasteiger partial charge >= 0.3 is 5.97 Å². The molecule has 10 heteroatoms. The lowest BCUT2D eigenvalue weighted by molar-refractivity contribution is -0.145. The molecular weight excluding hydrogens is 447 g/mol. The Hall–Kier alpha value is -3.92. The standard InChI is InChI=1S/C23H19FN4O4S/c1-15(29)28(19-5-3-2-4-6-19)23-25-18(14-33-23)13-31-21(30)12-11-20-26-22(27-32-20)16-7-9-17(24)10-8-16/h2-10,14H,11-13H2,1H3. The molecule has 4 aromatic rings. The molecule has 0 unspecified atom stereocenters. The Balaban J connectivity index is 1.30. The number of nitrogens with zero attached hydrogens (tertiary/aromatic N) is 4. The third kappa shape index (κ3) is 5.66. The van der Waals surface area contributed by atoms with E-state index in [1.165, 1.54) is 35.3 Å². The molecule has 1 amide bonds. The summed E-state index contributed by atoms with van der Waals surface area (Å²) in [6.45, 7) is 1.45. The number of hydrogen-bond acceptors (Lipinski definition) is 8. The van der Waals surface area contributed by atoms with E-state index >= 15 is 0 Å². The highest BCUT2D eigenvalue weighted by molar-refractivity contribution is 7.14. The molecule has 0 N–H and O–H groups in total. The maximum absolute atomic E-state index is 13.0. The average Bonchev–Trinajstić information content (AvgIpc) is 3.47. The van der Waals surface area contributed by atoms with Crippen LogP contribution in [-0.2, 0) is 27.4 Å². The van der Waals surface area contributed by atoms with Crippen molar-refractivity contribution in [2.45, 2.75) is 26.4 Å². The van der Waals surface area contributed by atoms with Gasteiger partial charge in [0.15, 0.2) is 5.13 Å². The van der Waals surface area contributed by atoms with Crippen molar-refractivity contribution in [1.29, 1.82) is 0 Å². The van der Waals surface area contributed by atoms with E-state index in [4.69, 9.17) is 9.26 Å². The summed E-state index contributed by atoms with van der Waals surface area (Å²) in [6, 6.07) is 14.9. The first-order chi connectivity index (χ1) is 16.0. The van der Waals surface area contributed by atoms with Gasteiger partial charge in [0.1, 0.15) is 12.4 Å². The van der Waals surface area contributed by atoms with E-state index in [1.807, 2.05) is 30.3 Å². The molecule has 4 rings (SSSR count). The molecule has 168 valence electrons. The number of aryl methyl sites for hydroxylation is 1. The van der Waals surface area contributed by atoms with Crippen molar-refractivity contribution in [3.8, 4) is 11.4 Å². The number of ether oxygens (including phenoxy) is 1. The fourth-order valence-electron chi connectivity index (χ4n) is 2.98. The van der Waals surface area contributed by atoms with Gasteiger partial charge in [0.25, 0.3) is 0 Å². The van der Waals surface area contributed by atoms with E-state index < -0.39 is 5.97 Å². The topological polar surface area (TPSA) is 98.4 Å². The average molecular weight is 466 g/mol. The first kappa shape index (κ1) is 22.3. The minimum Gasteiger partial charge on any atom is -0.459 e. The molecule has 0 bridgehead atoms. The van der Waals surface area contributed by atoms with Crippen LogP contribution in [0, 0.1) is 5.82 Å². The first-order valence-electron chi connectivity index (χ1n) is 10.0. The molecule has 0 aliphatic rings. The summed E-state index contributed by atoms with van der Waals surface area (Å²) in [5, 5.41) is 6.09. The lowest BCUT2D eigenvalue weighted by Gasteiger charge is -2.17. The van der Waals surface area contributed by atoms with Gasteiger partial charge in [-0.3, -0.25) is 14.5 Å². The summed E-state index contributed by atoms with van der Waals surface area (Å²) in [5.74, 6) is -0.369. The van der Waals surface area contributed by atoms with Gasteiger partial charge in [-0.25, -0.2) is 9.37 Å². The van der Waals surface area contributed by atoms with Crippen LogP contribution in [0.5, 0.6) is 0 Å². The molecule has 0 radical (unpaired) electrons. The van der Waals surface area contributed by atoms with E-state index in [2.05, 4.69) is 15.1 Å². The zero-order valence-corrected chi connectivity index (χ0v) is 18.4. The first-order valence-corrected chi connectivity index (χ1v) is 10.9. The minimum atomic E-state index is -0.447. The molecule has 0 spiro atoms. The maximum atomic E-state index is 13.0. The number of anilines is 2. The van der Waals surface area contributed by atoms with Gasteiger partial charge in [0.2, 0.25) is 17.6 Å². The second kappa shape index (κ2) is 10.1. The summed E-state index contributed by atoms with van der Waals surface area (Å²) >= 11 is 1.29. The van der Waals surface area contributed by atoms with Crippen LogP contribution in [-0.4, -0.2) is 27.0 Å². The van der Waals surface area contributed by atoms with Gasteiger partial charge in [-0.15, -0.1) is 11.3 Å². The van der Waals surface area contributed by atoms with Crippen LogP contribution in [0.15, 0.2) is 64.5 Å². The molecule has 2 heterocycles. The molecule has 0 aliphatic heterocycles. The third-order valence-electron chi connectivity index (χ3n) is 4.55. The van der Waals surface area contributed by atoms with E-state index in [0.717, 1.165) is 0 Å². The van der Waals surface area contributed by atoms with Crippen molar-refractivity contribution < 1.29 is 23.2 Å². The molecule has 33 heavy (non-hydrogen) atoms. The number of halogens is 1. The lowest BCUT2D eigenvalue weighted by Crippen LogP contribution is -2.22. The Morgan fingerprint density at radius 3 is 2.58 bits per heavy atom. The van der Waals surface area contributed by atoms with Crippen molar-refractivity contribution in [1.82, 2.24) is 15.1 Å². The molecule has 0 fully saturated rings. The fourth-order valence-corrected chi connectivity index (χ4v) is 3.85. The quantitative estimate of drug-likeness (QED) is 0.347. The van der Waals surface area contributed by atoms with Crippen LogP contribution in [0.1, 0.15) is 24.9 Å². The van der Waals surface area contributed by atoms with Crippen LogP contribution in [0.2, 0.25) is 0 Å². The molecule has 0 aliphatic carbocycles. The fraction of sp³-hybridized carbons (Fsp3) is 0.174. The van der Waals surface area contributed by atoms with Gasteiger partial charge in [-0.1, -0.05) is 23.4 Å². The van der Waals surface area contributed by atoms with Gasteiger partial charge in [-0.2, -0.15) is 4.98 Å². The van der Waals surface area contributed by atoms with E-state index in [0.29, 0.717) is 27.9 Å². The highest BCUT2D eigenvalue weighted by Crippen LogP contribution is 2.29. The maximum Gasteiger partial charge on any atom is 0.306 e. The zero-order chi connectivity index (χ0) is 23.2. The predicted molar refractivity (Wildman–Crippen MR) is 119 cm³/mol. The molecular formula is C23H19FN4O4S. The van der Waals surface area contributed by atoms with E-state index in [-0.39, 0.29) is 37.1 Å². The normalized spacial score (nSPS) is 10.7. The van der Waals surface area contributed by atoms with Crippen LogP contribution >= 0.6 is 11.3 Å². The highest BCUT2D eigenvalue weighted by atomic mass is 32.1. The number of hydrogen-bond donors (Lipinski definition) is 0. The molecule has 0 saturated carbocycles. The predicted octanol–water partition coefficient (Wildman–Crippen LogP) is 4.69. The third-order valence-corrected chi connectivity index (χ3v) is 5.43. The zero-order valence-electron chi connectivity index (χ0n) is 17.6. The molecule has 8 nitrogen and oxygen atoms in total. The monoisotopic (exact) mass is 466 g/mol. The number of amides is 1. The second-order valence-electron chi connectivity index (χ2n) is 6.99. The minimum absolute atomic E-state index is 0.0134. The SMILES string of the molecule is CC(=O)N(c1ccccc1)c1nc(COC(=O)CCc2nc(-c3ccc(F)cc3)no2)cs1. The Morgan fingerprint density at radius 2 is 1.85 bits per heavy atom. The Morgan fingerprint density at radius 1 is 1.09 bits per heavy atom. The lowest BCUT2D eigenvalue weighted by atomic mass is 10.2. The van der Waals surface area contributed by atoms with Crippen molar-refractivity contribution in [2.75, 3.05) is 4.90 Å². The number of benzene rings is 2. The van der Waals surface area contributed by atoms with Crippen LogP contribution < -0.4 is 4.90 Å². The van der Waals surface area contributed by atoms with Crippen molar-refractivity contribution in [3.05, 3.63) is 77.4 Å². The largest absolute Gasteiger partial charge is 0.459 e. The van der Waals surface area contributed by atoms with Crippen LogP contribution in [0.25, 0.3) is 11.4 Å². The van der Waals surface area contributed by atoms with Gasteiger partial charge in [0, 0.05) is 24.3 Å². The number of para-hydroxylation sites is 1. The van der Waals surface area contributed by atoms with Crippen molar-refractivity contribution >= 4 is 34.0 Å². The van der Waals surface area contributed by atoms with E-state index in [1.54, 1.807) is 17.5 Å². The summed E-state index contributed by atoms with van der Waals surface area (Å²) in [7, 11) is 0. The Kier molecular flexibility index (Phi) is 6.84. The summed E-state index contributed by atoms with van der Waals surface area (Å²) in [5.41, 5.74) is 1.87. The number of aromatic nitrogens is 3. The highest BCUT2D eigenvalue weighted by Gasteiger charge is 2.18. The van der Waals surface area contributed by atoms with Crippen molar-refractivity contribution in [2.24, 2.45) is 0 Å². The summed E-state index contributed by atoms with van der Waals surface area (Å²) < 4.78 is 23.5. The Bertz CT molecular complexity index is 1240. The number of thiazole rings is 1. The van der Waals surface area contributed by atoms with Crippen LogP contribution in [0.4, 0.5) is 15.2 Å². The molecule has 0 atom stereocenters. The number of rotatable bonds is 8. The van der Waals surface area contributed by atoms with Gasteiger partial charge in [-0.05, 0) is 36.4 Å². The van der Waals surface area contributed by atoms with Gasteiger partial charge < -0.3 is 9.26 Å². The van der Waals surface area contributed by atoms with Crippen molar-refractivity contribution in [3.63, 3.8) is 0 Å². The second-order valence-corrected chi connectivity index (χ2v) is 7.83. The molecule has 2 aromatic heterocycles. The smallest absolute Gasteiger partial charge is 0.306 e. The van der Waals surface area contributed by atoms with Crippen LogP contribution in [0.3, 0.4) is 0 Å². The van der Waals surface area contributed by atoms with Gasteiger partial charge in [0.05, 0.1) is 17.8 Å². The Labute approximate surface area is 192 Å². The summed E-state index contributed by atoms with van der Waals surface area (Å²) in [4.78, 5) is 34.4. The number of esters is 1. The number of carbonyl (C=O) groups is 2. The molecule has 2 aromatic carbocycles. The molecule has 0 saturated heterocycles. The van der Waals surface area contributed by atoms with E-state index in [9.17, 15) is 14.0 Å².